The second kappa shape index (κ2) is 5.15. The van der Waals surface area contributed by atoms with Crippen LogP contribution in [0.2, 0.25) is 0 Å². The summed E-state index contributed by atoms with van der Waals surface area (Å²) in [5.41, 5.74) is 2.82. The summed E-state index contributed by atoms with van der Waals surface area (Å²) in [5.74, 6) is 0. The fraction of sp³-hybridized carbons (Fsp3) is 0.286. The van der Waals surface area contributed by atoms with E-state index in [-0.39, 0.29) is 0 Å². The van der Waals surface area contributed by atoms with Crippen molar-refractivity contribution in [2.75, 3.05) is 0 Å². The predicted molar refractivity (Wildman–Crippen MR) is 75.6 cm³/mol. The van der Waals surface area contributed by atoms with Crippen molar-refractivity contribution < 1.29 is 0 Å². The van der Waals surface area contributed by atoms with E-state index in [9.17, 15) is 0 Å². The van der Waals surface area contributed by atoms with E-state index in [1.807, 2.05) is 11.3 Å². The van der Waals surface area contributed by atoms with Crippen LogP contribution >= 0.6 is 27.3 Å². The molecule has 0 aliphatic heterocycles. The lowest BCUT2D eigenvalue weighted by Crippen LogP contribution is -1.95. The Hall–Kier alpha value is -0.600. The SMILES string of the molecule is Cc1cc(C(Br)Cc2ccccc2)c(C)s1. The van der Waals surface area contributed by atoms with E-state index in [0.717, 1.165) is 6.42 Å². The van der Waals surface area contributed by atoms with Gasteiger partial charge in [0.05, 0.1) is 0 Å². The first-order chi connectivity index (χ1) is 7.66. The highest BCUT2D eigenvalue weighted by atomic mass is 79.9. The highest BCUT2D eigenvalue weighted by Crippen LogP contribution is 2.33. The zero-order valence-corrected chi connectivity index (χ0v) is 11.9. The average Bonchev–Trinajstić information content (AvgIpc) is 2.59. The Balaban J connectivity index is 2.14. The Morgan fingerprint density at radius 2 is 1.88 bits per heavy atom. The van der Waals surface area contributed by atoms with Gasteiger partial charge in [-0.05, 0) is 37.5 Å². The summed E-state index contributed by atoms with van der Waals surface area (Å²) in [5, 5.41) is 0. The highest BCUT2D eigenvalue weighted by molar-refractivity contribution is 9.09. The normalized spacial score (nSPS) is 12.7. The minimum absolute atomic E-state index is 0.430. The third kappa shape index (κ3) is 2.74. The molecule has 0 N–H and O–H groups in total. The van der Waals surface area contributed by atoms with E-state index in [2.05, 4.69) is 66.2 Å². The highest BCUT2D eigenvalue weighted by Gasteiger charge is 2.13. The van der Waals surface area contributed by atoms with Gasteiger partial charge in [-0.25, -0.2) is 0 Å². The fourth-order valence-electron chi connectivity index (χ4n) is 1.89. The number of hydrogen-bond donors (Lipinski definition) is 0. The second-order valence-corrected chi connectivity index (χ2v) is 6.59. The van der Waals surface area contributed by atoms with E-state index in [1.54, 1.807) is 0 Å². The summed E-state index contributed by atoms with van der Waals surface area (Å²) in [6.07, 6.45) is 1.05. The molecule has 0 amide bonds. The summed E-state index contributed by atoms with van der Waals surface area (Å²) in [6.45, 7) is 4.37. The van der Waals surface area contributed by atoms with Crippen molar-refractivity contribution in [3.63, 3.8) is 0 Å². The first-order valence-electron chi connectivity index (χ1n) is 5.41. The topological polar surface area (TPSA) is 0 Å². The number of aryl methyl sites for hydroxylation is 2. The van der Waals surface area contributed by atoms with Gasteiger partial charge in [0.25, 0.3) is 0 Å². The zero-order chi connectivity index (χ0) is 11.5. The number of alkyl halides is 1. The molecule has 16 heavy (non-hydrogen) atoms. The van der Waals surface area contributed by atoms with Gasteiger partial charge in [-0.3, -0.25) is 0 Å². The molecule has 2 rings (SSSR count). The Kier molecular flexibility index (Phi) is 3.82. The lowest BCUT2D eigenvalue weighted by Gasteiger charge is -2.09. The maximum atomic E-state index is 3.79. The molecule has 84 valence electrons. The third-order valence-electron chi connectivity index (χ3n) is 2.67. The van der Waals surface area contributed by atoms with E-state index in [1.165, 1.54) is 20.9 Å². The van der Waals surface area contributed by atoms with Crippen molar-refractivity contribution in [3.05, 3.63) is 57.3 Å². The van der Waals surface area contributed by atoms with Gasteiger partial charge in [0.1, 0.15) is 0 Å². The minimum Gasteiger partial charge on any atom is -0.146 e. The molecule has 0 nitrogen and oxygen atoms in total. The van der Waals surface area contributed by atoms with Gasteiger partial charge in [-0.1, -0.05) is 46.3 Å². The molecule has 1 unspecified atom stereocenters. The van der Waals surface area contributed by atoms with Crippen molar-refractivity contribution in [2.24, 2.45) is 0 Å². The second-order valence-electron chi connectivity index (χ2n) is 4.03. The zero-order valence-electron chi connectivity index (χ0n) is 9.53. The van der Waals surface area contributed by atoms with Crippen molar-refractivity contribution in [3.8, 4) is 0 Å². The number of thiophene rings is 1. The Morgan fingerprint density at radius 3 is 2.44 bits per heavy atom. The van der Waals surface area contributed by atoms with Crippen molar-refractivity contribution in [1.29, 1.82) is 0 Å². The van der Waals surface area contributed by atoms with Crippen LogP contribution in [0.4, 0.5) is 0 Å². The van der Waals surface area contributed by atoms with Crippen LogP contribution in [0, 0.1) is 13.8 Å². The van der Waals surface area contributed by atoms with E-state index < -0.39 is 0 Å². The molecule has 0 spiro atoms. The molecule has 0 fully saturated rings. The van der Waals surface area contributed by atoms with Crippen LogP contribution in [0.5, 0.6) is 0 Å². The number of halogens is 1. The Bertz CT molecular complexity index is 459. The third-order valence-corrected chi connectivity index (χ3v) is 4.47. The number of benzene rings is 1. The first-order valence-corrected chi connectivity index (χ1v) is 7.15. The van der Waals surface area contributed by atoms with Crippen LogP contribution in [-0.2, 0) is 6.42 Å². The smallest absolute Gasteiger partial charge is 0.0446 e. The first kappa shape index (κ1) is 11.9. The largest absolute Gasteiger partial charge is 0.146 e. The van der Waals surface area contributed by atoms with Crippen LogP contribution in [0.1, 0.15) is 25.7 Å². The number of hydrogen-bond acceptors (Lipinski definition) is 1. The molecule has 0 aliphatic rings. The molecule has 0 bridgehead atoms. The predicted octanol–water partition coefficient (Wildman–Crippen LogP) is 5.04. The number of rotatable bonds is 3. The summed E-state index contributed by atoms with van der Waals surface area (Å²) in [4.78, 5) is 3.25. The molecule has 1 heterocycles. The van der Waals surface area contributed by atoms with Gasteiger partial charge in [0.2, 0.25) is 0 Å². The molecular weight excluding hydrogens is 280 g/mol. The molecule has 0 radical (unpaired) electrons. The lowest BCUT2D eigenvalue weighted by atomic mass is 10.1. The van der Waals surface area contributed by atoms with Crippen molar-refractivity contribution in [1.82, 2.24) is 0 Å². The van der Waals surface area contributed by atoms with Gasteiger partial charge in [0.15, 0.2) is 0 Å². The van der Waals surface area contributed by atoms with E-state index in [0.29, 0.717) is 4.83 Å². The van der Waals surface area contributed by atoms with Crippen LogP contribution in [-0.4, -0.2) is 0 Å². The summed E-state index contributed by atoms with van der Waals surface area (Å²) in [6, 6.07) is 12.9. The summed E-state index contributed by atoms with van der Waals surface area (Å²) < 4.78 is 0. The average molecular weight is 295 g/mol. The molecule has 0 saturated carbocycles. The summed E-state index contributed by atoms with van der Waals surface area (Å²) in [7, 11) is 0. The van der Waals surface area contributed by atoms with Gasteiger partial charge in [0, 0.05) is 14.6 Å². The maximum Gasteiger partial charge on any atom is 0.0446 e. The van der Waals surface area contributed by atoms with E-state index in [4.69, 9.17) is 0 Å². The van der Waals surface area contributed by atoms with Crippen LogP contribution in [0.3, 0.4) is 0 Å². The molecule has 1 aromatic carbocycles. The minimum atomic E-state index is 0.430. The monoisotopic (exact) mass is 294 g/mol. The maximum absolute atomic E-state index is 3.79. The molecule has 0 aliphatic carbocycles. The molecule has 2 heteroatoms. The molecule has 1 aromatic heterocycles. The summed E-state index contributed by atoms with van der Waals surface area (Å²) >= 11 is 5.67. The van der Waals surface area contributed by atoms with Crippen LogP contribution < -0.4 is 0 Å². The van der Waals surface area contributed by atoms with Crippen molar-refractivity contribution >= 4 is 27.3 Å². The molecule has 2 aromatic rings. The van der Waals surface area contributed by atoms with Gasteiger partial charge < -0.3 is 0 Å². The molecular formula is C14H15BrS. The standard InChI is InChI=1S/C14H15BrS/c1-10-8-13(11(2)16-10)14(15)9-12-6-4-3-5-7-12/h3-8,14H,9H2,1-2H3. The fourth-order valence-corrected chi connectivity index (χ4v) is 3.88. The Labute approximate surface area is 109 Å². The Morgan fingerprint density at radius 1 is 1.19 bits per heavy atom. The van der Waals surface area contributed by atoms with Crippen LogP contribution in [0.15, 0.2) is 36.4 Å². The van der Waals surface area contributed by atoms with Gasteiger partial charge in [-0.15, -0.1) is 11.3 Å². The van der Waals surface area contributed by atoms with E-state index >= 15 is 0 Å². The van der Waals surface area contributed by atoms with Gasteiger partial charge in [-0.2, -0.15) is 0 Å². The molecule has 0 saturated heterocycles. The quantitative estimate of drug-likeness (QED) is 0.696. The molecule has 1 atom stereocenters. The van der Waals surface area contributed by atoms with Crippen LogP contribution in [0.25, 0.3) is 0 Å². The van der Waals surface area contributed by atoms with Crippen molar-refractivity contribution in [2.45, 2.75) is 25.1 Å². The van der Waals surface area contributed by atoms with Gasteiger partial charge >= 0.3 is 0 Å². The lowest BCUT2D eigenvalue weighted by molar-refractivity contribution is 0.946.